The normalized spacial score (nSPS) is 18.6. The molecular formula is C23H21F3N4O. The fraction of sp³-hybridized carbons (Fsp3) is 0.261. The number of hydrogen-bond acceptors (Lipinski definition) is 4. The lowest BCUT2D eigenvalue weighted by atomic mass is 9.81. The van der Waals surface area contributed by atoms with Crippen LogP contribution in [0.15, 0.2) is 48.8 Å². The van der Waals surface area contributed by atoms with Crippen molar-refractivity contribution in [3.05, 3.63) is 77.5 Å². The quantitative estimate of drug-likeness (QED) is 0.628. The van der Waals surface area contributed by atoms with E-state index in [-0.39, 0.29) is 17.7 Å². The fourth-order valence-electron chi connectivity index (χ4n) is 4.03. The number of amides is 1. The minimum atomic E-state index is -0.966. The molecule has 1 aliphatic rings. The largest absolute Gasteiger partial charge is 0.328 e. The molecule has 1 aliphatic carbocycles. The van der Waals surface area contributed by atoms with Crippen LogP contribution in [0.1, 0.15) is 47.7 Å². The molecule has 1 amide bonds. The lowest BCUT2D eigenvalue weighted by Gasteiger charge is -2.28. The number of hydrogen-bond donors (Lipinski definition) is 2. The van der Waals surface area contributed by atoms with Crippen molar-refractivity contribution < 1.29 is 18.0 Å². The summed E-state index contributed by atoms with van der Waals surface area (Å²) in [7, 11) is 0. The van der Waals surface area contributed by atoms with Gasteiger partial charge in [0.2, 0.25) is 0 Å². The predicted molar refractivity (Wildman–Crippen MR) is 111 cm³/mol. The third kappa shape index (κ3) is 4.44. The molecule has 3 N–H and O–H groups in total. The van der Waals surface area contributed by atoms with E-state index in [9.17, 15) is 18.0 Å². The second-order valence-electron chi connectivity index (χ2n) is 7.66. The van der Waals surface area contributed by atoms with Crippen LogP contribution in [-0.2, 0) is 0 Å². The van der Waals surface area contributed by atoms with Gasteiger partial charge < -0.3 is 11.1 Å². The highest BCUT2D eigenvalue weighted by Crippen LogP contribution is 2.36. The summed E-state index contributed by atoms with van der Waals surface area (Å²) in [4.78, 5) is 20.8. The molecule has 31 heavy (non-hydrogen) atoms. The van der Waals surface area contributed by atoms with Crippen molar-refractivity contribution in [1.29, 1.82) is 0 Å². The molecule has 1 aromatic carbocycles. The number of pyridine rings is 2. The number of carbonyl (C=O) groups excluding carboxylic acids is 1. The minimum absolute atomic E-state index is 0.104. The summed E-state index contributed by atoms with van der Waals surface area (Å²) in [5.74, 6) is -3.31. The fourth-order valence-corrected chi connectivity index (χ4v) is 4.03. The highest BCUT2D eigenvalue weighted by atomic mass is 19.1. The molecule has 1 unspecified atom stereocenters. The molecule has 1 saturated carbocycles. The smallest absolute Gasteiger partial charge is 0.274 e. The summed E-state index contributed by atoms with van der Waals surface area (Å²) in [5.41, 5.74) is 6.18. The van der Waals surface area contributed by atoms with Crippen molar-refractivity contribution in [2.45, 2.75) is 37.6 Å². The molecule has 8 heteroatoms. The van der Waals surface area contributed by atoms with Crippen molar-refractivity contribution in [2.75, 3.05) is 5.32 Å². The van der Waals surface area contributed by atoms with E-state index in [1.807, 2.05) is 6.07 Å². The third-order valence-electron chi connectivity index (χ3n) is 5.54. The number of halogens is 3. The Hall–Kier alpha value is -3.26. The first-order valence-electron chi connectivity index (χ1n) is 10.1. The Bertz CT molecular complexity index is 1100. The van der Waals surface area contributed by atoms with Crippen molar-refractivity contribution in [1.82, 2.24) is 9.97 Å². The molecule has 2 atom stereocenters. The zero-order chi connectivity index (χ0) is 22.0. The Labute approximate surface area is 177 Å². The van der Waals surface area contributed by atoms with E-state index in [4.69, 9.17) is 5.73 Å². The van der Waals surface area contributed by atoms with Crippen LogP contribution in [0.5, 0.6) is 0 Å². The van der Waals surface area contributed by atoms with Crippen molar-refractivity contribution in [3.8, 4) is 11.3 Å². The number of nitrogens with two attached hydrogens (primary N) is 1. The third-order valence-corrected chi connectivity index (χ3v) is 5.54. The molecule has 0 radical (unpaired) electrons. The predicted octanol–water partition coefficient (Wildman–Crippen LogP) is 4.80. The topological polar surface area (TPSA) is 80.9 Å². The van der Waals surface area contributed by atoms with Crippen LogP contribution in [0.2, 0.25) is 0 Å². The van der Waals surface area contributed by atoms with E-state index < -0.39 is 34.6 Å². The summed E-state index contributed by atoms with van der Waals surface area (Å²) < 4.78 is 42.5. The Morgan fingerprint density at radius 2 is 1.81 bits per heavy atom. The first-order chi connectivity index (χ1) is 14.9. The van der Waals surface area contributed by atoms with Crippen LogP contribution in [0, 0.1) is 17.5 Å². The van der Waals surface area contributed by atoms with Gasteiger partial charge in [-0.15, -0.1) is 0 Å². The molecule has 1 fully saturated rings. The van der Waals surface area contributed by atoms with Crippen LogP contribution in [-0.4, -0.2) is 21.9 Å². The SMILES string of the molecule is N[C@H]1CCCC(c2ccncc2NC(=O)c2ccc(F)c(-c3c(F)cccc3F)n2)C1. The molecule has 160 valence electrons. The zero-order valence-corrected chi connectivity index (χ0v) is 16.6. The average Bonchev–Trinajstić information content (AvgIpc) is 2.75. The van der Waals surface area contributed by atoms with E-state index in [0.717, 1.165) is 49.4 Å². The van der Waals surface area contributed by atoms with E-state index in [1.165, 1.54) is 18.3 Å². The maximum atomic E-state index is 14.3. The van der Waals surface area contributed by atoms with Crippen molar-refractivity contribution in [3.63, 3.8) is 0 Å². The number of aromatic nitrogens is 2. The maximum absolute atomic E-state index is 14.3. The van der Waals surface area contributed by atoms with E-state index in [1.54, 1.807) is 6.20 Å². The molecule has 2 heterocycles. The zero-order valence-electron chi connectivity index (χ0n) is 16.6. The van der Waals surface area contributed by atoms with Crippen LogP contribution in [0.3, 0.4) is 0 Å². The summed E-state index contributed by atoms with van der Waals surface area (Å²) >= 11 is 0. The minimum Gasteiger partial charge on any atom is -0.328 e. The second-order valence-corrected chi connectivity index (χ2v) is 7.66. The molecule has 0 aliphatic heterocycles. The standard InChI is InChI=1S/C23H21F3N4O/c24-16-5-2-6-17(25)21(16)22-18(26)7-8-19(29-22)23(31)30-20-12-28-10-9-15(20)13-3-1-4-14(27)11-13/h2,5-10,12-14H,1,3-4,11,27H2,(H,30,31)/t13?,14-/m0/s1. The van der Waals surface area contributed by atoms with Crippen LogP contribution < -0.4 is 11.1 Å². The lowest BCUT2D eigenvalue weighted by molar-refractivity contribution is 0.102. The first kappa shape index (κ1) is 21.0. The Morgan fingerprint density at radius 3 is 2.55 bits per heavy atom. The molecule has 5 nitrogen and oxygen atoms in total. The number of anilines is 1. The van der Waals surface area contributed by atoms with Crippen molar-refractivity contribution in [2.24, 2.45) is 5.73 Å². The molecule has 0 saturated heterocycles. The lowest BCUT2D eigenvalue weighted by Crippen LogP contribution is -2.27. The van der Waals surface area contributed by atoms with Gasteiger partial charge in [-0.3, -0.25) is 9.78 Å². The van der Waals surface area contributed by atoms with Gasteiger partial charge in [0.1, 0.15) is 28.8 Å². The number of benzene rings is 1. The highest BCUT2D eigenvalue weighted by Gasteiger charge is 2.24. The van der Waals surface area contributed by atoms with Crippen molar-refractivity contribution >= 4 is 11.6 Å². The van der Waals surface area contributed by atoms with E-state index in [2.05, 4.69) is 15.3 Å². The van der Waals surface area contributed by atoms with Gasteiger partial charge in [-0.2, -0.15) is 0 Å². The summed E-state index contributed by atoms with van der Waals surface area (Å²) in [6.07, 6.45) is 6.91. The monoisotopic (exact) mass is 426 g/mol. The Kier molecular flexibility index (Phi) is 5.99. The average molecular weight is 426 g/mol. The van der Waals surface area contributed by atoms with Gasteiger partial charge in [0, 0.05) is 12.2 Å². The molecule has 2 aromatic heterocycles. The van der Waals surface area contributed by atoms with Gasteiger partial charge in [0.15, 0.2) is 0 Å². The molecule has 0 spiro atoms. The van der Waals surface area contributed by atoms with Gasteiger partial charge >= 0.3 is 0 Å². The Balaban J connectivity index is 1.64. The summed E-state index contributed by atoms with van der Waals surface area (Å²) in [6.45, 7) is 0. The van der Waals surface area contributed by atoms with Gasteiger partial charge in [-0.05, 0) is 61.1 Å². The molecule has 4 rings (SSSR count). The van der Waals surface area contributed by atoms with Crippen LogP contribution >= 0.6 is 0 Å². The van der Waals surface area contributed by atoms with Crippen LogP contribution in [0.4, 0.5) is 18.9 Å². The first-order valence-corrected chi connectivity index (χ1v) is 10.1. The number of carbonyl (C=O) groups is 1. The highest BCUT2D eigenvalue weighted by molar-refractivity contribution is 6.03. The molecular weight excluding hydrogens is 405 g/mol. The summed E-state index contributed by atoms with van der Waals surface area (Å²) in [6, 6.07) is 7.26. The van der Waals surface area contributed by atoms with Gasteiger partial charge in [0.25, 0.3) is 5.91 Å². The molecule has 0 bridgehead atoms. The van der Waals surface area contributed by atoms with Crippen LogP contribution in [0.25, 0.3) is 11.3 Å². The van der Waals surface area contributed by atoms with E-state index in [0.29, 0.717) is 5.69 Å². The van der Waals surface area contributed by atoms with Gasteiger partial charge in [0.05, 0.1) is 17.4 Å². The second kappa shape index (κ2) is 8.85. The van der Waals surface area contributed by atoms with Gasteiger partial charge in [-0.1, -0.05) is 12.5 Å². The number of nitrogens with zero attached hydrogens (tertiary/aromatic N) is 2. The Morgan fingerprint density at radius 1 is 1.03 bits per heavy atom. The summed E-state index contributed by atoms with van der Waals surface area (Å²) in [5, 5.41) is 2.75. The van der Waals surface area contributed by atoms with E-state index >= 15 is 0 Å². The number of rotatable bonds is 4. The molecule has 3 aromatic rings. The van der Waals surface area contributed by atoms with Gasteiger partial charge in [-0.25, -0.2) is 18.2 Å². The maximum Gasteiger partial charge on any atom is 0.274 e. The number of nitrogens with one attached hydrogen (secondary N) is 1.